The molecule has 4 rings (SSSR count). The van der Waals surface area contributed by atoms with E-state index in [1.165, 1.54) is 53.2 Å². The molecule has 0 aliphatic carbocycles. The van der Waals surface area contributed by atoms with Gasteiger partial charge in [-0.1, -0.05) is 23.5 Å². The van der Waals surface area contributed by atoms with Gasteiger partial charge in [-0.25, -0.2) is 8.42 Å². The SMILES string of the molecule is CN(Cc1ccco1)S(=O)(=O)c1ccc(C(=O)N=c2sc3ccccc3n2C)cc1. The summed E-state index contributed by atoms with van der Waals surface area (Å²) in [7, 11) is -0.375. The van der Waals surface area contributed by atoms with E-state index < -0.39 is 15.9 Å². The summed E-state index contributed by atoms with van der Waals surface area (Å²) in [5.74, 6) is 0.118. The molecule has 0 aliphatic rings. The number of thiazole rings is 1. The fraction of sp³-hybridized carbons (Fsp3) is 0.143. The third-order valence-electron chi connectivity index (χ3n) is 4.68. The number of amides is 1. The Hall–Kier alpha value is -3.01. The van der Waals surface area contributed by atoms with Crippen molar-refractivity contribution in [3.8, 4) is 0 Å². The Balaban J connectivity index is 1.58. The van der Waals surface area contributed by atoms with Gasteiger partial charge in [0.15, 0.2) is 4.80 Å². The highest BCUT2D eigenvalue weighted by Gasteiger charge is 2.22. The van der Waals surface area contributed by atoms with Crippen LogP contribution in [0.25, 0.3) is 10.2 Å². The lowest BCUT2D eigenvalue weighted by molar-refractivity contribution is 0.0998. The van der Waals surface area contributed by atoms with Gasteiger partial charge in [-0.15, -0.1) is 0 Å². The van der Waals surface area contributed by atoms with Crippen molar-refractivity contribution in [3.05, 3.63) is 83.1 Å². The number of fused-ring (bicyclic) bond motifs is 1. The molecule has 0 saturated carbocycles. The summed E-state index contributed by atoms with van der Waals surface area (Å²) in [6.07, 6.45) is 1.50. The van der Waals surface area contributed by atoms with Crippen molar-refractivity contribution in [2.75, 3.05) is 7.05 Å². The molecule has 7 nitrogen and oxygen atoms in total. The van der Waals surface area contributed by atoms with Crippen molar-refractivity contribution < 1.29 is 17.6 Å². The van der Waals surface area contributed by atoms with Gasteiger partial charge in [-0.2, -0.15) is 9.30 Å². The number of carbonyl (C=O) groups excluding carboxylic acids is 1. The van der Waals surface area contributed by atoms with Crippen LogP contribution in [0.5, 0.6) is 0 Å². The second-order valence-electron chi connectivity index (χ2n) is 6.69. The van der Waals surface area contributed by atoms with E-state index in [1.54, 1.807) is 12.1 Å². The van der Waals surface area contributed by atoms with Crippen molar-refractivity contribution in [2.45, 2.75) is 11.4 Å². The highest BCUT2D eigenvalue weighted by molar-refractivity contribution is 7.89. The average molecular weight is 442 g/mol. The van der Waals surface area contributed by atoms with Crippen molar-refractivity contribution in [1.29, 1.82) is 0 Å². The summed E-state index contributed by atoms with van der Waals surface area (Å²) in [4.78, 5) is 17.5. The molecule has 2 aromatic heterocycles. The zero-order chi connectivity index (χ0) is 21.3. The quantitative estimate of drug-likeness (QED) is 0.475. The second-order valence-corrected chi connectivity index (χ2v) is 9.75. The first-order valence-electron chi connectivity index (χ1n) is 9.08. The number of nitrogens with zero attached hydrogens (tertiary/aromatic N) is 3. The molecule has 2 heterocycles. The maximum absolute atomic E-state index is 12.7. The van der Waals surface area contributed by atoms with Crippen LogP contribution in [-0.4, -0.2) is 30.2 Å². The molecule has 0 fully saturated rings. The Morgan fingerprint density at radius 3 is 2.50 bits per heavy atom. The first-order valence-corrected chi connectivity index (χ1v) is 11.3. The normalized spacial score (nSPS) is 12.7. The lowest BCUT2D eigenvalue weighted by Crippen LogP contribution is -2.26. The van der Waals surface area contributed by atoms with Gasteiger partial charge in [0.25, 0.3) is 5.91 Å². The molecular formula is C21H19N3O4S2. The number of aromatic nitrogens is 1. The Kier molecular flexibility index (Phi) is 5.42. The maximum atomic E-state index is 12.7. The Labute approximate surface area is 177 Å². The fourth-order valence-corrected chi connectivity index (χ4v) is 5.15. The third-order valence-corrected chi connectivity index (χ3v) is 7.61. The molecule has 0 aliphatic heterocycles. The van der Waals surface area contributed by atoms with E-state index in [9.17, 15) is 13.2 Å². The van der Waals surface area contributed by atoms with Gasteiger partial charge in [-0.05, 0) is 48.5 Å². The number of furan rings is 1. The van der Waals surface area contributed by atoms with Crippen molar-refractivity contribution in [2.24, 2.45) is 12.0 Å². The Morgan fingerprint density at radius 1 is 1.10 bits per heavy atom. The van der Waals surface area contributed by atoms with Crippen molar-refractivity contribution in [3.63, 3.8) is 0 Å². The van der Waals surface area contributed by atoms with Crippen LogP contribution in [0.4, 0.5) is 0 Å². The number of para-hydroxylation sites is 1. The monoisotopic (exact) mass is 441 g/mol. The Morgan fingerprint density at radius 2 is 1.83 bits per heavy atom. The topological polar surface area (TPSA) is 84.9 Å². The van der Waals surface area contributed by atoms with Gasteiger partial charge >= 0.3 is 0 Å². The van der Waals surface area contributed by atoms with Crippen molar-refractivity contribution >= 4 is 37.5 Å². The van der Waals surface area contributed by atoms with Crippen molar-refractivity contribution in [1.82, 2.24) is 8.87 Å². The van der Waals surface area contributed by atoms with Gasteiger partial charge < -0.3 is 8.98 Å². The molecule has 0 radical (unpaired) electrons. The average Bonchev–Trinajstić information content (AvgIpc) is 3.36. The van der Waals surface area contributed by atoms with Gasteiger partial charge in [0, 0.05) is 19.7 Å². The zero-order valence-corrected chi connectivity index (χ0v) is 18.0. The van der Waals surface area contributed by atoms with E-state index >= 15 is 0 Å². The minimum atomic E-state index is -3.71. The highest BCUT2D eigenvalue weighted by atomic mass is 32.2. The van der Waals surface area contributed by atoms with Gasteiger partial charge in [-0.3, -0.25) is 4.79 Å². The molecule has 0 unspecified atom stereocenters. The number of benzene rings is 2. The number of hydrogen-bond acceptors (Lipinski definition) is 5. The molecule has 4 aromatic rings. The maximum Gasteiger partial charge on any atom is 0.279 e. The smallest absolute Gasteiger partial charge is 0.279 e. The zero-order valence-electron chi connectivity index (χ0n) is 16.3. The first kappa shape index (κ1) is 20.3. The first-order chi connectivity index (χ1) is 14.4. The fourth-order valence-electron chi connectivity index (χ4n) is 3.00. The van der Waals surface area contributed by atoms with Crippen LogP contribution in [0.15, 0.2) is 81.2 Å². The summed E-state index contributed by atoms with van der Waals surface area (Å²) in [5.41, 5.74) is 1.31. The summed E-state index contributed by atoms with van der Waals surface area (Å²) in [5, 5.41) is 0. The largest absolute Gasteiger partial charge is 0.468 e. The molecule has 0 atom stereocenters. The van der Waals surface area contributed by atoms with E-state index in [4.69, 9.17) is 4.42 Å². The van der Waals surface area contributed by atoms with Gasteiger partial charge in [0.2, 0.25) is 10.0 Å². The molecule has 9 heteroatoms. The predicted molar refractivity (Wildman–Crippen MR) is 114 cm³/mol. The molecule has 0 bridgehead atoms. The summed E-state index contributed by atoms with van der Waals surface area (Å²) in [6, 6.07) is 17.0. The Bertz CT molecular complexity index is 1370. The molecular weight excluding hydrogens is 422 g/mol. The van der Waals surface area contributed by atoms with Crippen LogP contribution >= 0.6 is 11.3 Å². The van der Waals surface area contributed by atoms with Gasteiger partial charge in [0.1, 0.15) is 5.76 Å². The van der Waals surface area contributed by atoms with E-state index in [-0.39, 0.29) is 11.4 Å². The molecule has 2 aromatic carbocycles. The van der Waals surface area contributed by atoms with Crippen LogP contribution in [-0.2, 0) is 23.6 Å². The highest BCUT2D eigenvalue weighted by Crippen LogP contribution is 2.19. The van der Waals surface area contributed by atoms with Crippen LogP contribution in [0.1, 0.15) is 16.1 Å². The molecule has 30 heavy (non-hydrogen) atoms. The predicted octanol–water partition coefficient (Wildman–Crippen LogP) is 3.39. The molecule has 1 amide bonds. The van der Waals surface area contributed by atoms with Crippen LogP contribution in [0, 0.1) is 0 Å². The number of sulfonamides is 1. The number of carbonyl (C=O) groups is 1. The molecule has 0 saturated heterocycles. The minimum Gasteiger partial charge on any atom is -0.468 e. The summed E-state index contributed by atoms with van der Waals surface area (Å²) >= 11 is 1.42. The summed E-state index contributed by atoms with van der Waals surface area (Å²) in [6.45, 7) is 0.119. The lowest BCUT2D eigenvalue weighted by atomic mass is 10.2. The van der Waals surface area contributed by atoms with E-state index in [0.717, 1.165) is 10.2 Å². The second kappa shape index (κ2) is 8.02. The molecule has 154 valence electrons. The molecule has 0 N–H and O–H groups in total. The summed E-state index contributed by atoms with van der Waals surface area (Å²) < 4.78 is 34.8. The van der Waals surface area contributed by atoms with Crippen LogP contribution < -0.4 is 4.80 Å². The van der Waals surface area contributed by atoms with E-state index in [0.29, 0.717) is 16.1 Å². The van der Waals surface area contributed by atoms with E-state index in [1.807, 2.05) is 35.9 Å². The number of hydrogen-bond donors (Lipinski definition) is 0. The van der Waals surface area contributed by atoms with Crippen LogP contribution in [0.3, 0.4) is 0 Å². The lowest BCUT2D eigenvalue weighted by Gasteiger charge is -2.16. The minimum absolute atomic E-state index is 0.0977. The molecule has 0 spiro atoms. The standard InChI is InChI=1S/C21H19N3O4S2/c1-23(14-16-6-5-13-28-16)30(26,27)17-11-9-15(10-12-17)20(25)22-21-24(2)18-7-3-4-8-19(18)29-21/h3-13H,14H2,1-2H3. The number of rotatable bonds is 5. The third kappa shape index (κ3) is 3.87. The van der Waals surface area contributed by atoms with E-state index in [2.05, 4.69) is 4.99 Å². The van der Waals surface area contributed by atoms with Gasteiger partial charge in [0.05, 0.1) is 27.9 Å². The van der Waals surface area contributed by atoms with Crippen LogP contribution in [0.2, 0.25) is 0 Å². The number of aryl methyl sites for hydroxylation is 1.